The van der Waals surface area contributed by atoms with Crippen molar-refractivity contribution in [1.29, 1.82) is 0 Å². The molecule has 1 heterocycles. The zero-order valence-electron chi connectivity index (χ0n) is 12.3. The molecule has 0 bridgehead atoms. The number of hydrogen-bond acceptors (Lipinski definition) is 3. The van der Waals surface area contributed by atoms with Crippen LogP contribution < -0.4 is 5.32 Å². The van der Waals surface area contributed by atoms with E-state index in [2.05, 4.69) is 5.32 Å². The predicted octanol–water partition coefficient (Wildman–Crippen LogP) is 1.91. The van der Waals surface area contributed by atoms with Crippen molar-refractivity contribution < 1.29 is 14.7 Å². The maximum Gasteiger partial charge on any atom is 0.253 e. The quantitative estimate of drug-likeness (QED) is 0.890. The Labute approximate surface area is 125 Å². The monoisotopic (exact) mass is 290 g/mol. The standard InChI is InChI=1S/C16H22N2O3/c1-2-4-15(20)17-13-7-9-18(10-8-13)16(21)12-5-3-6-14(19)11-12/h3,5-6,11,13,19H,2,4,7-10H2,1H3,(H,17,20). The minimum atomic E-state index is -0.0655. The minimum Gasteiger partial charge on any atom is -0.508 e. The zero-order valence-corrected chi connectivity index (χ0v) is 12.3. The van der Waals surface area contributed by atoms with Gasteiger partial charge in [-0.15, -0.1) is 0 Å². The topological polar surface area (TPSA) is 69.6 Å². The number of amides is 2. The third-order valence-corrected chi connectivity index (χ3v) is 3.72. The van der Waals surface area contributed by atoms with Gasteiger partial charge in [-0.05, 0) is 37.5 Å². The largest absolute Gasteiger partial charge is 0.508 e. The lowest BCUT2D eigenvalue weighted by molar-refractivity contribution is -0.122. The highest BCUT2D eigenvalue weighted by Crippen LogP contribution is 2.17. The zero-order chi connectivity index (χ0) is 15.2. The first-order chi connectivity index (χ1) is 10.1. The van der Waals surface area contributed by atoms with Crippen LogP contribution in [-0.2, 0) is 4.79 Å². The van der Waals surface area contributed by atoms with Crippen molar-refractivity contribution in [2.45, 2.75) is 38.6 Å². The molecule has 0 spiro atoms. The summed E-state index contributed by atoms with van der Waals surface area (Å²) in [6, 6.07) is 6.57. The fourth-order valence-corrected chi connectivity index (χ4v) is 2.58. The average Bonchev–Trinajstić information content (AvgIpc) is 2.47. The minimum absolute atomic E-state index is 0.0655. The van der Waals surface area contributed by atoms with E-state index in [1.54, 1.807) is 23.1 Å². The van der Waals surface area contributed by atoms with E-state index in [1.807, 2.05) is 6.92 Å². The number of likely N-dealkylation sites (tertiary alicyclic amines) is 1. The van der Waals surface area contributed by atoms with Crippen LogP contribution in [0.25, 0.3) is 0 Å². The molecule has 5 nitrogen and oxygen atoms in total. The number of phenols is 1. The molecule has 0 aromatic heterocycles. The highest BCUT2D eigenvalue weighted by molar-refractivity contribution is 5.94. The molecule has 0 aliphatic carbocycles. The number of hydrogen-bond donors (Lipinski definition) is 2. The number of carbonyl (C=O) groups excluding carboxylic acids is 2. The summed E-state index contributed by atoms with van der Waals surface area (Å²) in [4.78, 5) is 25.7. The molecule has 5 heteroatoms. The van der Waals surface area contributed by atoms with Gasteiger partial charge >= 0.3 is 0 Å². The van der Waals surface area contributed by atoms with Crippen LogP contribution in [0.15, 0.2) is 24.3 Å². The van der Waals surface area contributed by atoms with Gasteiger partial charge < -0.3 is 15.3 Å². The summed E-state index contributed by atoms with van der Waals surface area (Å²) in [5.74, 6) is 0.127. The molecule has 21 heavy (non-hydrogen) atoms. The molecule has 1 saturated heterocycles. The van der Waals surface area contributed by atoms with Gasteiger partial charge in [0.15, 0.2) is 0 Å². The van der Waals surface area contributed by atoms with Crippen molar-refractivity contribution in [2.24, 2.45) is 0 Å². The maximum atomic E-state index is 12.3. The average molecular weight is 290 g/mol. The van der Waals surface area contributed by atoms with Gasteiger partial charge in [0.05, 0.1) is 0 Å². The Morgan fingerprint density at radius 3 is 2.67 bits per heavy atom. The van der Waals surface area contributed by atoms with Crippen molar-refractivity contribution in [3.63, 3.8) is 0 Å². The first-order valence-electron chi connectivity index (χ1n) is 7.48. The molecule has 0 radical (unpaired) electrons. The molecule has 2 N–H and O–H groups in total. The number of nitrogens with zero attached hydrogens (tertiary/aromatic N) is 1. The Balaban J connectivity index is 1.86. The fourth-order valence-electron chi connectivity index (χ4n) is 2.58. The van der Waals surface area contributed by atoms with Gasteiger partial charge in [0.25, 0.3) is 5.91 Å². The number of piperidine rings is 1. The summed E-state index contributed by atoms with van der Waals surface area (Å²) in [7, 11) is 0. The van der Waals surface area contributed by atoms with Crippen molar-refractivity contribution in [3.8, 4) is 5.75 Å². The Kier molecular flexibility index (Phi) is 5.20. The lowest BCUT2D eigenvalue weighted by Gasteiger charge is -2.32. The molecule has 2 amide bonds. The molecular formula is C16H22N2O3. The summed E-state index contributed by atoms with van der Waals surface area (Å²) >= 11 is 0. The van der Waals surface area contributed by atoms with Gasteiger partial charge in [-0.2, -0.15) is 0 Å². The first kappa shape index (κ1) is 15.4. The second kappa shape index (κ2) is 7.11. The van der Waals surface area contributed by atoms with Gasteiger partial charge in [0, 0.05) is 31.1 Å². The molecule has 0 atom stereocenters. The second-order valence-corrected chi connectivity index (χ2v) is 5.43. The molecule has 2 rings (SSSR count). The molecule has 0 saturated carbocycles. The molecule has 1 aliphatic heterocycles. The summed E-state index contributed by atoms with van der Waals surface area (Å²) in [6.07, 6.45) is 2.96. The van der Waals surface area contributed by atoms with E-state index in [1.165, 1.54) is 6.07 Å². The van der Waals surface area contributed by atoms with Crippen molar-refractivity contribution in [1.82, 2.24) is 10.2 Å². The summed E-state index contributed by atoms with van der Waals surface area (Å²) in [5.41, 5.74) is 0.503. The van der Waals surface area contributed by atoms with Gasteiger partial charge in [-0.3, -0.25) is 9.59 Å². The normalized spacial score (nSPS) is 15.8. The van der Waals surface area contributed by atoms with E-state index in [0.29, 0.717) is 25.1 Å². The highest BCUT2D eigenvalue weighted by Gasteiger charge is 2.24. The number of nitrogens with one attached hydrogen (secondary N) is 1. The van der Waals surface area contributed by atoms with E-state index in [0.717, 1.165) is 19.3 Å². The molecule has 114 valence electrons. The Morgan fingerprint density at radius 1 is 1.33 bits per heavy atom. The predicted molar refractivity (Wildman–Crippen MR) is 80.1 cm³/mol. The Morgan fingerprint density at radius 2 is 2.05 bits per heavy atom. The third kappa shape index (κ3) is 4.21. The number of aromatic hydroxyl groups is 1. The number of benzene rings is 1. The van der Waals surface area contributed by atoms with Crippen molar-refractivity contribution in [3.05, 3.63) is 29.8 Å². The van der Waals surface area contributed by atoms with Crippen LogP contribution in [0, 0.1) is 0 Å². The lowest BCUT2D eigenvalue weighted by atomic mass is 10.0. The number of carbonyl (C=O) groups is 2. The second-order valence-electron chi connectivity index (χ2n) is 5.43. The van der Waals surface area contributed by atoms with Crippen LogP contribution in [0.2, 0.25) is 0 Å². The molecule has 0 unspecified atom stereocenters. The van der Waals surface area contributed by atoms with Crippen molar-refractivity contribution in [2.75, 3.05) is 13.1 Å². The first-order valence-corrected chi connectivity index (χ1v) is 7.48. The van der Waals surface area contributed by atoms with Gasteiger partial charge in [0.1, 0.15) is 5.75 Å². The molecule has 1 fully saturated rings. The Bertz CT molecular complexity index is 508. The summed E-state index contributed by atoms with van der Waals surface area (Å²) in [5, 5.41) is 12.4. The smallest absolute Gasteiger partial charge is 0.253 e. The van der Waals surface area contributed by atoms with E-state index in [9.17, 15) is 14.7 Å². The van der Waals surface area contributed by atoms with E-state index >= 15 is 0 Å². The van der Waals surface area contributed by atoms with Crippen LogP contribution in [0.5, 0.6) is 5.75 Å². The fraction of sp³-hybridized carbons (Fsp3) is 0.500. The SMILES string of the molecule is CCCC(=O)NC1CCN(C(=O)c2cccc(O)c2)CC1. The van der Waals surface area contributed by atoms with Gasteiger partial charge in [-0.25, -0.2) is 0 Å². The third-order valence-electron chi connectivity index (χ3n) is 3.72. The lowest BCUT2D eigenvalue weighted by Crippen LogP contribution is -2.46. The van der Waals surface area contributed by atoms with Crippen LogP contribution >= 0.6 is 0 Å². The summed E-state index contributed by atoms with van der Waals surface area (Å²) in [6.45, 7) is 3.24. The molecular weight excluding hydrogens is 268 g/mol. The van der Waals surface area contributed by atoms with Crippen LogP contribution in [0.3, 0.4) is 0 Å². The molecule has 1 aliphatic rings. The summed E-state index contributed by atoms with van der Waals surface area (Å²) < 4.78 is 0. The highest BCUT2D eigenvalue weighted by atomic mass is 16.3. The van der Waals surface area contributed by atoms with E-state index in [4.69, 9.17) is 0 Å². The van der Waals surface area contributed by atoms with E-state index in [-0.39, 0.29) is 23.6 Å². The van der Waals surface area contributed by atoms with Crippen LogP contribution in [-0.4, -0.2) is 41.0 Å². The van der Waals surface area contributed by atoms with Crippen molar-refractivity contribution >= 4 is 11.8 Å². The molecule has 1 aromatic carbocycles. The van der Waals surface area contributed by atoms with Gasteiger partial charge in [0.2, 0.25) is 5.91 Å². The molecule has 1 aromatic rings. The number of rotatable bonds is 4. The Hall–Kier alpha value is -2.04. The van der Waals surface area contributed by atoms with Crippen LogP contribution in [0.1, 0.15) is 43.0 Å². The van der Waals surface area contributed by atoms with Gasteiger partial charge in [-0.1, -0.05) is 13.0 Å². The van der Waals surface area contributed by atoms with Crippen LogP contribution in [0.4, 0.5) is 0 Å². The maximum absolute atomic E-state index is 12.3. The number of phenolic OH excluding ortho intramolecular Hbond substituents is 1. The van der Waals surface area contributed by atoms with E-state index < -0.39 is 0 Å².